The van der Waals surface area contributed by atoms with E-state index in [1.165, 1.54) is 24.4 Å². The van der Waals surface area contributed by atoms with E-state index in [1.807, 2.05) is 0 Å². The van der Waals surface area contributed by atoms with Crippen molar-refractivity contribution in [3.05, 3.63) is 5.82 Å². The molecule has 0 aromatic carbocycles. The van der Waals surface area contributed by atoms with E-state index in [4.69, 9.17) is 11.6 Å². The summed E-state index contributed by atoms with van der Waals surface area (Å²) in [6.07, 6.45) is 3.58. The van der Waals surface area contributed by atoms with Gasteiger partial charge in [-0.1, -0.05) is 18.7 Å². The lowest BCUT2D eigenvalue weighted by Gasteiger charge is -2.04. The average Bonchev–Trinajstić information content (AvgIpc) is 2.89. The second kappa shape index (κ2) is 4.81. The summed E-state index contributed by atoms with van der Waals surface area (Å²) >= 11 is 9.01. The molecule has 1 heterocycles. The van der Waals surface area contributed by atoms with Crippen LogP contribution in [0.15, 0.2) is 4.34 Å². The average molecular weight is 249 g/mol. The summed E-state index contributed by atoms with van der Waals surface area (Å²) in [6, 6.07) is 0. The van der Waals surface area contributed by atoms with Crippen molar-refractivity contribution >= 4 is 34.9 Å². The first-order valence-corrected chi connectivity index (χ1v) is 7.04. The van der Waals surface area contributed by atoms with Gasteiger partial charge in [-0.15, -0.1) is 11.6 Å². The van der Waals surface area contributed by atoms with Crippen LogP contribution in [0.5, 0.6) is 0 Å². The van der Waals surface area contributed by atoms with Gasteiger partial charge in [-0.05, 0) is 30.8 Å². The van der Waals surface area contributed by atoms with Crippen molar-refractivity contribution in [2.75, 3.05) is 5.88 Å². The molecule has 78 valence electrons. The highest BCUT2D eigenvalue weighted by Gasteiger charge is 2.27. The van der Waals surface area contributed by atoms with E-state index in [0.717, 1.165) is 22.5 Å². The first-order valence-electron chi connectivity index (χ1n) is 4.86. The number of halogens is 1. The van der Waals surface area contributed by atoms with E-state index >= 15 is 0 Å². The zero-order valence-corrected chi connectivity index (χ0v) is 10.5. The van der Waals surface area contributed by atoms with Gasteiger partial charge in [-0.3, -0.25) is 0 Å². The molecule has 1 aromatic heterocycles. The van der Waals surface area contributed by atoms with Gasteiger partial charge >= 0.3 is 0 Å². The number of hydrogen-bond donors (Lipinski definition) is 0. The normalized spacial score (nSPS) is 18.4. The predicted octanol–water partition coefficient (Wildman–Crippen LogP) is 3.53. The van der Waals surface area contributed by atoms with Crippen LogP contribution in [0.3, 0.4) is 0 Å². The Morgan fingerprint density at radius 3 is 3.07 bits per heavy atom. The van der Waals surface area contributed by atoms with Gasteiger partial charge < -0.3 is 0 Å². The van der Waals surface area contributed by atoms with Crippen molar-refractivity contribution in [1.82, 2.24) is 9.36 Å². The van der Waals surface area contributed by atoms with Crippen LogP contribution in [0.4, 0.5) is 0 Å². The molecule has 2 nitrogen and oxygen atoms in total. The number of nitrogens with zero attached hydrogens (tertiary/aromatic N) is 2. The van der Waals surface area contributed by atoms with E-state index in [2.05, 4.69) is 16.3 Å². The Labute approximate surface area is 97.6 Å². The number of thioether (sulfide) groups is 1. The van der Waals surface area contributed by atoms with Gasteiger partial charge in [0.2, 0.25) is 0 Å². The van der Waals surface area contributed by atoms with Gasteiger partial charge in [0, 0.05) is 17.0 Å². The van der Waals surface area contributed by atoms with E-state index in [-0.39, 0.29) is 0 Å². The zero-order chi connectivity index (χ0) is 9.97. The Balaban J connectivity index is 1.88. The fourth-order valence-corrected chi connectivity index (χ4v) is 3.62. The topological polar surface area (TPSA) is 25.8 Å². The highest BCUT2D eigenvalue weighted by Crippen LogP contribution is 2.40. The van der Waals surface area contributed by atoms with Crippen molar-refractivity contribution in [1.29, 1.82) is 0 Å². The lowest BCUT2D eigenvalue weighted by Crippen LogP contribution is -1.95. The SMILES string of the molecule is CC(CCCl)Sc1nc(C2CC2)ns1. The second-order valence-electron chi connectivity index (χ2n) is 3.60. The molecule has 0 aliphatic heterocycles. The fourth-order valence-electron chi connectivity index (χ4n) is 1.16. The maximum Gasteiger partial charge on any atom is 0.170 e. The Hall–Kier alpha value is 0.200. The molecule has 0 radical (unpaired) electrons. The molecule has 1 unspecified atom stereocenters. The molecule has 0 spiro atoms. The van der Waals surface area contributed by atoms with Crippen LogP contribution in [0.25, 0.3) is 0 Å². The summed E-state index contributed by atoms with van der Waals surface area (Å²) in [5.41, 5.74) is 0. The lowest BCUT2D eigenvalue weighted by atomic mass is 10.4. The van der Waals surface area contributed by atoms with E-state index < -0.39 is 0 Å². The number of alkyl halides is 1. The van der Waals surface area contributed by atoms with Gasteiger partial charge in [-0.2, -0.15) is 4.37 Å². The monoisotopic (exact) mass is 248 g/mol. The summed E-state index contributed by atoms with van der Waals surface area (Å²) in [6.45, 7) is 2.19. The highest BCUT2D eigenvalue weighted by molar-refractivity contribution is 8.01. The maximum atomic E-state index is 5.68. The van der Waals surface area contributed by atoms with Crippen LogP contribution in [0.1, 0.15) is 37.9 Å². The molecule has 0 bridgehead atoms. The zero-order valence-electron chi connectivity index (χ0n) is 8.07. The molecule has 1 fully saturated rings. The predicted molar refractivity (Wildman–Crippen MR) is 62.5 cm³/mol. The number of hydrogen-bond acceptors (Lipinski definition) is 4. The largest absolute Gasteiger partial charge is 0.213 e. The van der Waals surface area contributed by atoms with Crippen LogP contribution in [0, 0.1) is 0 Å². The molecular weight excluding hydrogens is 236 g/mol. The van der Waals surface area contributed by atoms with E-state index in [0.29, 0.717) is 11.2 Å². The third-order valence-electron chi connectivity index (χ3n) is 2.18. The van der Waals surface area contributed by atoms with Crippen LogP contribution in [-0.4, -0.2) is 20.5 Å². The molecule has 14 heavy (non-hydrogen) atoms. The minimum Gasteiger partial charge on any atom is -0.213 e. The van der Waals surface area contributed by atoms with Crippen molar-refractivity contribution < 1.29 is 0 Å². The van der Waals surface area contributed by atoms with Crippen LogP contribution >= 0.6 is 34.9 Å². The first kappa shape index (κ1) is 10.7. The van der Waals surface area contributed by atoms with E-state index in [1.54, 1.807) is 11.8 Å². The number of rotatable bonds is 5. The smallest absolute Gasteiger partial charge is 0.170 e. The van der Waals surface area contributed by atoms with Crippen molar-refractivity contribution in [3.8, 4) is 0 Å². The Morgan fingerprint density at radius 1 is 1.64 bits per heavy atom. The summed E-state index contributed by atoms with van der Waals surface area (Å²) in [5.74, 6) is 2.46. The van der Waals surface area contributed by atoms with Gasteiger partial charge in [0.05, 0.1) is 0 Å². The Bertz CT molecular complexity index is 299. The van der Waals surface area contributed by atoms with Crippen molar-refractivity contribution in [2.45, 2.75) is 41.7 Å². The van der Waals surface area contributed by atoms with Crippen molar-refractivity contribution in [3.63, 3.8) is 0 Å². The molecule has 1 aliphatic rings. The molecular formula is C9H13ClN2S2. The summed E-state index contributed by atoms with van der Waals surface area (Å²) in [4.78, 5) is 4.52. The quantitative estimate of drug-likeness (QED) is 0.589. The standard InChI is InChI=1S/C9H13ClN2S2/c1-6(4-5-10)13-9-11-8(12-14-9)7-2-3-7/h6-7H,2-5H2,1H3. The first-order chi connectivity index (χ1) is 6.79. The van der Waals surface area contributed by atoms with Crippen molar-refractivity contribution in [2.24, 2.45) is 0 Å². The summed E-state index contributed by atoms with van der Waals surface area (Å²) in [5, 5.41) is 0.549. The molecule has 0 amide bonds. The van der Waals surface area contributed by atoms with E-state index in [9.17, 15) is 0 Å². The molecule has 0 saturated heterocycles. The number of aromatic nitrogens is 2. The molecule has 0 N–H and O–H groups in total. The lowest BCUT2D eigenvalue weighted by molar-refractivity contribution is 0.906. The van der Waals surface area contributed by atoms with Gasteiger partial charge in [0.25, 0.3) is 0 Å². The van der Waals surface area contributed by atoms with Gasteiger partial charge in [0.15, 0.2) is 4.34 Å². The third-order valence-corrected chi connectivity index (χ3v) is 4.37. The summed E-state index contributed by atoms with van der Waals surface area (Å²) in [7, 11) is 0. The third kappa shape index (κ3) is 2.84. The molecule has 1 aliphatic carbocycles. The van der Waals surface area contributed by atoms with Crippen LogP contribution in [-0.2, 0) is 0 Å². The highest BCUT2D eigenvalue weighted by atomic mass is 35.5. The van der Waals surface area contributed by atoms with Crippen LogP contribution < -0.4 is 0 Å². The minimum absolute atomic E-state index is 0.549. The summed E-state index contributed by atoms with van der Waals surface area (Å²) < 4.78 is 5.47. The second-order valence-corrected chi connectivity index (χ2v) is 6.41. The molecule has 1 aromatic rings. The Morgan fingerprint density at radius 2 is 2.43 bits per heavy atom. The molecule has 5 heteroatoms. The molecule has 2 rings (SSSR count). The maximum absolute atomic E-state index is 5.68. The van der Waals surface area contributed by atoms with Crippen LogP contribution in [0.2, 0.25) is 0 Å². The molecule has 1 atom stereocenters. The van der Waals surface area contributed by atoms with Gasteiger partial charge in [0.1, 0.15) is 5.82 Å². The fraction of sp³-hybridized carbons (Fsp3) is 0.778. The van der Waals surface area contributed by atoms with Gasteiger partial charge in [-0.25, -0.2) is 4.98 Å². The Kier molecular flexibility index (Phi) is 3.68. The molecule has 1 saturated carbocycles. The minimum atomic E-state index is 0.549.